The summed E-state index contributed by atoms with van der Waals surface area (Å²) >= 11 is 0. The Balaban J connectivity index is 1.82. The normalized spacial score (nSPS) is 18.1. The third-order valence-corrected chi connectivity index (χ3v) is 3.21. The van der Waals surface area contributed by atoms with Crippen LogP contribution < -0.4 is 5.32 Å². The van der Waals surface area contributed by atoms with Crippen molar-refractivity contribution in [2.45, 2.75) is 19.0 Å². The number of rotatable bonds is 2. The molecular formula is C14H13N3O. The maximum Gasteiger partial charge on any atom is 0.199 e. The van der Waals surface area contributed by atoms with Gasteiger partial charge in [-0.15, -0.1) is 0 Å². The van der Waals surface area contributed by atoms with Gasteiger partial charge in [0.2, 0.25) is 0 Å². The molecule has 1 unspecified atom stereocenters. The van der Waals surface area contributed by atoms with E-state index in [-0.39, 0.29) is 11.8 Å². The molecule has 1 N–H and O–H groups in total. The molecule has 1 aliphatic rings. The molecule has 0 saturated carbocycles. The van der Waals surface area contributed by atoms with Gasteiger partial charge in [0.05, 0.1) is 12.2 Å². The van der Waals surface area contributed by atoms with Crippen molar-refractivity contribution >= 4 is 5.78 Å². The molecule has 2 heterocycles. The molecule has 1 aliphatic heterocycles. The van der Waals surface area contributed by atoms with E-state index in [9.17, 15) is 4.79 Å². The van der Waals surface area contributed by atoms with Crippen LogP contribution in [-0.4, -0.2) is 21.8 Å². The summed E-state index contributed by atoms with van der Waals surface area (Å²) < 4.78 is 0. The molecule has 0 radical (unpaired) electrons. The largest absolute Gasteiger partial charge is 0.303 e. The topological polar surface area (TPSA) is 54.9 Å². The number of hydrogen-bond donors (Lipinski definition) is 1. The van der Waals surface area contributed by atoms with Crippen molar-refractivity contribution in [2.75, 3.05) is 0 Å². The van der Waals surface area contributed by atoms with Crippen LogP contribution in [0.4, 0.5) is 0 Å². The summed E-state index contributed by atoms with van der Waals surface area (Å²) in [7, 11) is 0. The highest BCUT2D eigenvalue weighted by atomic mass is 16.1. The molecule has 1 atom stereocenters. The van der Waals surface area contributed by atoms with E-state index in [1.165, 1.54) is 17.3 Å². The summed E-state index contributed by atoms with van der Waals surface area (Å²) in [6, 6.07) is 7.99. The summed E-state index contributed by atoms with van der Waals surface area (Å²) in [5.74, 6) is 0.0117. The zero-order chi connectivity index (χ0) is 12.4. The van der Waals surface area contributed by atoms with Gasteiger partial charge in [0, 0.05) is 18.9 Å². The average Bonchev–Trinajstić information content (AvgIpc) is 2.47. The fourth-order valence-electron chi connectivity index (χ4n) is 2.24. The highest BCUT2D eigenvalue weighted by Crippen LogP contribution is 2.17. The standard InChI is InChI=1S/C14H13N3O/c18-14(13-9-15-5-6-16-13)12-7-10-3-1-2-4-11(10)8-17-12/h1-6,9,12,17H,7-8H2. The third kappa shape index (κ3) is 2.02. The summed E-state index contributed by atoms with van der Waals surface area (Å²) in [6.07, 6.45) is 5.35. The molecule has 4 nitrogen and oxygen atoms in total. The van der Waals surface area contributed by atoms with Crippen molar-refractivity contribution in [3.63, 3.8) is 0 Å². The van der Waals surface area contributed by atoms with E-state index in [1.54, 1.807) is 12.4 Å². The van der Waals surface area contributed by atoms with Gasteiger partial charge in [-0.25, -0.2) is 4.98 Å². The highest BCUT2D eigenvalue weighted by Gasteiger charge is 2.25. The van der Waals surface area contributed by atoms with Gasteiger partial charge in [-0.05, 0) is 17.5 Å². The molecule has 0 amide bonds. The Morgan fingerprint density at radius 2 is 2.06 bits per heavy atom. The first-order chi connectivity index (χ1) is 8.84. The van der Waals surface area contributed by atoms with Crippen molar-refractivity contribution in [1.82, 2.24) is 15.3 Å². The van der Waals surface area contributed by atoms with Gasteiger partial charge in [-0.1, -0.05) is 24.3 Å². The smallest absolute Gasteiger partial charge is 0.199 e. The second kappa shape index (κ2) is 4.66. The van der Waals surface area contributed by atoms with E-state index in [0.717, 1.165) is 6.54 Å². The molecule has 0 spiro atoms. The number of benzene rings is 1. The van der Waals surface area contributed by atoms with E-state index in [4.69, 9.17) is 0 Å². The molecule has 3 rings (SSSR count). The van der Waals surface area contributed by atoms with Gasteiger partial charge in [-0.3, -0.25) is 9.78 Å². The van der Waals surface area contributed by atoms with Gasteiger partial charge in [0.1, 0.15) is 5.69 Å². The Bertz CT molecular complexity index is 568. The van der Waals surface area contributed by atoms with Crippen LogP contribution in [0.15, 0.2) is 42.9 Å². The lowest BCUT2D eigenvalue weighted by Gasteiger charge is -2.24. The van der Waals surface area contributed by atoms with Crippen LogP contribution in [0.2, 0.25) is 0 Å². The van der Waals surface area contributed by atoms with E-state index in [0.29, 0.717) is 12.1 Å². The quantitative estimate of drug-likeness (QED) is 0.804. The van der Waals surface area contributed by atoms with Gasteiger partial charge < -0.3 is 5.32 Å². The van der Waals surface area contributed by atoms with Crippen LogP contribution in [0.3, 0.4) is 0 Å². The van der Waals surface area contributed by atoms with Crippen LogP contribution >= 0.6 is 0 Å². The number of aromatic nitrogens is 2. The molecule has 0 fully saturated rings. The lowest BCUT2D eigenvalue weighted by Crippen LogP contribution is -2.42. The molecule has 4 heteroatoms. The van der Waals surface area contributed by atoms with Crippen LogP contribution in [0.25, 0.3) is 0 Å². The molecule has 18 heavy (non-hydrogen) atoms. The Morgan fingerprint density at radius 1 is 1.22 bits per heavy atom. The van der Waals surface area contributed by atoms with Gasteiger partial charge in [0.25, 0.3) is 0 Å². The summed E-state index contributed by atoms with van der Waals surface area (Å²) in [5.41, 5.74) is 2.92. The monoisotopic (exact) mass is 239 g/mol. The molecule has 0 aliphatic carbocycles. The first-order valence-electron chi connectivity index (χ1n) is 5.95. The first-order valence-corrected chi connectivity index (χ1v) is 5.95. The minimum absolute atomic E-state index is 0.0117. The molecule has 0 bridgehead atoms. The molecule has 2 aromatic rings. The molecule has 1 aromatic carbocycles. The molecule has 90 valence electrons. The summed E-state index contributed by atoms with van der Waals surface area (Å²) in [6.45, 7) is 0.729. The Morgan fingerprint density at radius 3 is 2.83 bits per heavy atom. The first kappa shape index (κ1) is 11.0. The number of Topliss-reactive ketones (excluding diaryl/α,β-unsaturated/α-hetero) is 1. The van der Waals surface area contributed by atoms with Crippen LogP contribution in [0, 0.1) is 0 Å². The molecule has 0 saturated heterocycles. The van der Waals surface area contributed by atoms with Crippen molar-refractivity contribution in [1.29, 1.82) is 0 Å². The fraction of sp³-hybridized carbons (Fsp3) is 0.214. The maximum absolute atomic E-state index is 12.2. The van der Waals surface area contributed by atoms with Crippen molar-refractivity contribution in [3.8, 4) is 0 Å². The minimum atomic E-state index is -0.198. The molecule has 1 aromatic heterocycles. The Hall–Kier alpha value is -2.07. The number of fused-ring (bicyclic) bond motifs is 1. The summed E-state index contributed by atoms with van der Waals surface area (Å²) in [5, 5.41) is 3.26. The average molecular weight is 239 g/mol. The minimum Gasteiger partial charge on any atom is -0.303 e. The Labute approximate surface area is 105 Å². The highest BCUT2D eigenvalue weighted by molar-refractivity contribution is 5.98. The lowest BCUT2D eigenvalue weighted by atomic mass is 9.93. The van der Waals surface area contributed by atoms with Crippen molar-refractivity contribution in [3.05, 3.63) is 59.7 Å². The zero-order valence-corrected chi connectivity index (χ0v) is 9.84. The molecular weight excluding hydrogens is 226 g/mol. The van der Waals surface area contributed by atoms with Crippen LogP contribution in [-0.2, 0) is 13.0 Å². The van der Waals surface area contributed by atoms with Gasteiger partial charge in [0.15, 0.2) is 5.78 Å². The van der Waals surface area contributed by atoms with Crippen molar-refractivity contribution < 1.29 is 4.79 Å². The SMILES string of the molecule is O=C(c1cnccn1)C1Cc2ccccc2CN1. The predicted octanol–water partition coefficient (Wildman–Crippen LogP) is 1.37. The number of ketones is 1. The lowest BCUT2D eigenvalue weighted by molar-refractivity contribution is 0.0932. The summed E-state index contributed by atoms with van der Waals surface area (Å²) in [4.78, 5) is 20.2. The van der Waals surface area contributed by atoms with E-state index >= 15 is 0 Å². The second-order valence-corrected chi connectivity index (χ2v) is 4.36. The van der Waals surface area contributed by atoms with Crippen LogP contribution in [0.1, 0.15) is 21.6 Å². The van der Waals surface area contributed by atoms with Crippen LogP contribution in [0.5, 0.6) is 0 Å². The number of hydrogen-bond acceptors (Lipinski definition) is 4. The number of carbonyl (C=O) groups excluding carboxylic acids is 1. The second-order valence-electron chi connectivity index (χ2n) is 4.36. The van der Waals surface area contributed by atoms with E-state index in [2.05, 4.69) is 27.4 Å². The van der Waals surface area contributed by atoms with E-state index in [1.807, 2.05) is 12.1 Å². The Kier molecular flexibility index (Phi) is 2.86. The van der Waals surface area contributed by atoms with Gasteiger partial charge in [-0.2, -0.15) is 0 Å². The maximum atomic E-state index is 12.2. The van der Waals surface area contributed by atoms with E-state index < -0.39 is 0 Å². The predicted molar refractivity (Wildman–Crippen MR) is 67.1 cm³/mol. The fourth-order valence-corrected chi connectivity index (χ4v) is 2.24. The zero-order valence-electron chi connectivity index (χ0n) is 9.84. The number of nitrogens with zero attached hydrogens (tertiary/aromatic N) is 2. The number of nitrogens with one attached hydrogen (secondary N) is 1. The third-order valence-electron chi connectivity index (χ3n) is 3.21. The van der Waals surface area contributed by atoms with Crippen molar-refractivity contribution in [2.24, 2.45) is 0 Å². The number of carbonyl (C=O) groups is 1. The van der Waals surface area contributed by atoms with Gasteiger partial charge >= 0.3 is 0 Å².